The molecule has 0 aromatic rings. The number of likely N-dealkylation sites (tertiary alicyclic amines) is 1. The topological polar surface area (TPSA) is 96.4 Å². The Morgan fingerprint density at radius 1 is 1.19 bits per heavy atom. The predicted octanol–water partition coefficient (Wildman–Crippen LogP) is 1.04. The van der Waals surface area contributed by atoms with Crippen LogP contribution in [-0.2, 0) is 23.9 Å². The molecule has 0 aromatic heterocycles. The van der Waals surface area contributed by atoms with E-state index < -0.39 is 35.6 Å². The lowest BCUT2D eigenvalue weighted by Gasteiger charge is -2.35. The molecule has 1 spiro atoms. The van der Waals surface area contributed by atoms with E-state index >= 15 is 0 Å². The highest BCUT2D eigenvalue weighted by Gasteiger charge is 2.71. The molecule has 4 rings (SSSR count). The Morgan fingerprint density at radius 3 is 2.74 bits per heavy atom. The highest BCUT2D eigenvalue weighted by Crippen LogP contribution is 2.53. The van der Waals surface area contributed by atoms with Gasteiger partial charge in [0.15, 0.2) is 0 Å². The number of allylic oxidation sites excluding steroid dienone is 1. The lowest BCUT2D eigenvalue weighted by Crippen LogP contribution is -2.55. The van der Waals surface area contributed by atoms with Crippen LogP contribution in [0, 0.1) is 11.8 Å². The number of cyclic esters (lactones) is 1. The zero-order valence-corrected chi connectivity index (χ0v) is 18.2. The van der Waals surface area contributed by atoms with Crippen molar-refractivity contribution >= 4 is 17.8 Å². The number of nitrogens with zero attached hydrogens (tertiary/aromatic N) is 2. The number of amides is 2. The minimum atomic E-state index is -1.24. The summed E-state index contributed by atoms with van der Waals surface area (Å²) in [6, 6.07) is -0.901. The number of fused-ring (bicyclic) bond motifs is 2. The normalized spacial score (nSPS) is 38.5. The van der Waals surface area contributed by atoms with E-state index in [-0.39, 0.29) is 31.1 Å². The number of carbonyl (C=O) groups is 3. The van der Waals surface area contributed by atoms with E-state index in [0.29, 0.717) is 19.5 Å². The van der Waals surface area contributed by atoms with Gasteiger partial charge in [0.1, 0.15) is 17.6 Å². The first-order valence-corrected chi connectivity index (χ1v) is 11.4. The monoisotopic (exact) mass is 432 g/mol. The molecule has 170 valence electrons. The fraction of sp³-hybridized carbons (Fsp3) is 0.696. The van der Waals surface area contributed by atoms with Crippen molar-refractivity contribution in [2.75, 3.05) is 26.2 Å². The highest BCUT2D eigenvalue weighted by molar-refractivity contribution is 5.99. The summed E-state index contributed by atoms with van der Waals surface area (Å²) >= 11 is 0. The average molecular weight is 433 g/mol. The van der Waals surface area contributed by atoms with Gasteiger partial charge in [-0.1, -0.05) is 37.6 Å². The molecule has 8 heteroatoms. The molecule has 3 unspecified atom stereocenters. The Labute approximate surface area is 182 Å². The molecular formula is C23H32N2O6. The number of ether oxygens (including phenoxy) is 2. The van der Waals surface area contributed by atoms with E-state index in [9.17, 15) is 19.5 Å². The third-order valence-corrected chi connectivity index (χ3v) is 6.85. The smallest absolute Gasteiger partial charge is 0.313 e. The molecule has 4 aliphatic rings. The summed E-state index contributed by atoms with van der Waals surface area (Å²) in [6.45, 7) is 4.67. The summed E-state index contributed by atoms with van der Waals surface area (Å²) in [5.41, 5.74) is -1.24. The molecule has 6 atom stereocenters. The molecule has 0 aliphatic carbocycles. The van der Waals surface area contributed by atoms with Crippen molar-refractivity contribution in [3.8, 4) is 0 Å². The number of hydrogen-bond donors (Lipinski definition) is 1. The molecule has 31 heavy (non-hydrogen) atoms. The minimum absolute atomic E-state index is 0.0188. The molecule has 2 saturated heterocycles. The lowest BCUT2D eigenvalue weighted by molar-refractivity contribution is -0.158. The first-order valence-electron chi connectivity index (χ1n) is 11.4. The summed E-state index contributed by atoms with van der Waals surface area (Å²) in [4.78, 5) is 43.5. The largest absolute Gasteiger partial charge is 0.462 e. The number of aliphatic hydroxyl groups excluding tert-OH is 1. The molecule has 8 nitrogen and oxygen atoms in total. The fourth-order valence-corrected chi connectivity index (χ4v) is 5.39. The number of carbonyl (C=O) groups excluding carboxylic acids is 3. The zero-order chi connectivity index (χ0) is 22.2. The maximum Gasteiger partial charge on any atom is 0.313 e. The van der Waals surface area contributed by atoms with E-state index in [1.807, 2.05) is 31.2 Å². The average Bonchev–Trinajstić information content (AvgIpc) is 3.13. The second-order valence-corrected chi connectivity index (χ2v) is 8.89. The van der Waals surface area contributed by atoms with E-state index in [0.717, 1.165) is 19.3 Å². The van der Waals surface area contributed by atoms with E-state index in [1.165, 1.54) is 4.90 Å². The van der Waals surface area contributed by atoms with Gasteiger partial charge >= 0.3 is 5.97 Å². The Bertz CT molecular complexity index is 795. The lowest BCUT2D eigenvalue weighted by atomic mass is 9.78. The molecule has 4 aliphatic heterocycles. The van der Waals surface area contributed by atoms with Crippen LogP contribution in [0.4, 0.5) is 0 Å². The van der Waals surface area contributed by atoms with Gasteiger partial charge in [-0.25, -0.2) is 0 Å². The SMILES string of the molecule is CCCCN1CC=CC23O[C@@H]4/C=C\CCC(C)OC(=O)C4[C@H]2C(=O)N(CCO)[C@@H]3C1=O. The van der Waals surface area contributed by atoms with Crippen LogP contribution in [0.5, 0.6) is 0 Å². The molecule has 0 bridgehead atoms. The third kappa shape index (κ3) is 3.59. The van der Waals surface area contributed by atoms with Crippen LogP contribution in [0.3, 0.4) is 0 Å². The molecule has 0 aromatic carbocycles. The maximum atomic E-state index is 13.6. The van der Waals surface area contributed by atoms with Gasteiger partial charge < -0.3 is 24.4 Å². The molecule has 0 radical (unpaired) electrons. The van der Waals surface area contributed by atoms with Gasteiger partial charge in [-0.3, -0.25) is 14.4 Å². The van der Waals surface area contributed by atoms with E-state index in [4.69, 9.17) is 9.47 Å². The number of β-amino-alcohol motifs (C(OH)–C–C–N with tert-alkyl or cyclic N) is 1. The molecular weight excluding hydrogens is 400 g/mol. The number of hydrogen-bond acceptors (Lipinski definition) is 6. The van der Waals surface area contributed by atoms with Gasteiger partial charge in [0.05, 0.1) is 24.7 Å². The maximum absolute atomic E-state index is 13.6. The number of rotatable bonds is 5. The second kappa shape index (κ2) is 8.74. The molecule has 0 saturated carbocycles. The van der Waals surface area contributed by atoms with Crippen LogP contribution in [-0.4, -0.2) is 82.8 Å². The molecule has 1 N–H and O–H groups in total. The Balaban J connectivity index is 1.78. The number of esters is 1. The van der Waals surface area contributed by atoms with Crippen molar-refractivity contribution in [1.29, 1.82) is 0 Å². The summed E-state index contributed by atoms with van der Waals surface area (Å²) in [6.07, 6.45) is 9.85. The van der Waals surface area contributed by atoms with Crippen molar-refractivity contribution in [2.45, 2.75) is 63.4 Å². The summed E-state index contributed by atoms with van der Waals surface area (Å²) in [7, 11) is 0. The standard InChI is InChI=1S/C23H32N2O6/c1-3-4-11-24-12-7-10-23-18(20(27)25(13-14-26)19(23)21(24)28)17-16(31-23)9-6-5-8-15(2)30-22(17)29/h6-7,9-10,15-19,26H,3-5,8,11-14H2,1-2H3/b9-6-/t15?,16-,17?,18+,19-,23?/m1/s1. The van der Waals surface area contributed by atoms with Crippen LogP contribution in [0.15, 0.2) is 24.3 Å². The van der Waals surface area contributed by atoms with Gasteiger partial charge in [0.2, 0.25) is 11.8 Å². The quantitative estimate of drug-likeness (QED) is 0.515. The summed E-state index contributed by atoms with van der Waals surface area (Å²) in [5.74, 6) is -2.67. The highest BCUT2D eigenvalue weighted by atomic mass is 16.6. The van der Waals surface area contributed by atoms with Gasteiger partial charge in [-0.15, -0.1) is 0 Å². The van der Waals surface area contributed by atoms with Crippen LogP contribution >= 0.6 is 0 Å². The van der Waals surface area contributed by atoms with Gasteiger partial charge in [0, 0.05) is 19.6 Å². The number of aliphatic hydroxyl groups is 1. The molecule has 4 heterocycles. The Hall–Kier alpha value is -2.19. The van der Waals surface area contributed by atoms with E-state index in [1.54, 1.807) is 4.90 Å². The molecule has 2 fully saturated rings. The Kier molecular flexibility index (Phi) is 6.21. The summed E-state index contributed by atoms with van der Waals surface area (Å²) in [5, 5.41) is 9.62. The van der Waals surface area contributed by atoms with Crippen molar-refractivity contribution in [3.63, 3.8) is 0 Å². The zero-order valence-electron chi connectivity index (χ0n) is 18.2. The van der Waals surface area contributed by atoms with Crippen LogP contribution in [0.2, 0.25) is 0 Å². The first-order chi connectivity index (χ1) is 14.9. The number of unbranched alkanes of at least 4 members (excludes halogenated alkanes) is 1. The third-order valence-electron chi connectivity index (χ3n) is 6.85. The molecule has 2 amide bonds. The van der Waals surface area contributed by atoms with Gasteiger partial charge in [0.25, 0.3) is 0 Å². The van der Waals surface area contributed by atoms with Crippen LogP contribution in [0.1, 0.15) is 39.5 Å². The minimum Gasteiger partial charge on any atom is -0.462 e. The van der Waals surface area contributed by atoms with Crippen molar-refractivity contribution < 1.29 is 29.0 Å². The predicted molar refractivity (Wildman–Crippen MR) is 112 cm³/mol. The fourth-order valence-electron chi connectivity index (χ4n) is 5.39. The van der Waals surface area contributed by atoms with E-state index in [2.05, 4.69) is 6.92 Å². The Morgan fingerprint density at radius 2 is 2.00 bits per heavy atom. The second-order valence-electron chi connectivity index (χ2n) is 8.89. The van der Waals surface area contributed by atoms with Crippen molar-refractivity contribution in [3.05, 3.63) is 24.3 Å². The van der Waals surface area contributed by atoms with Crippen molar-refractivity contribution in [1.82, 2.24) is 9.80 Å². The van der Waals surface area contributed by atoms with Crippen LogP contribution in [0.25, 0.3) is 0 Å². The van der Waals surface area contributed by atoms with Gasteiger partial charge in [-0.05, 0) is 26.2 Å². The van der Waals surface area contributed by atoms with Crippen LogP contribution < -0.4 is 0 Å². The van der Waals surface area contributed by atoms with Gasteiger partial charge in [-0.2, -0.15) is 0 Å². The summed E-state index contributed by atoms with van der Waals surface area (Å²) < 4.78 is 12.1. The first kappa shape index (κ1) is 22.0. The van der Waals surface area contributed by atoms with Crippen molar-refractivity contribution in [2.24, 2.45) is 11.8 Å².